The second kappa shape index (κ2) is 4.74. The monoisotopic (exact) mass is 279 g/mol. The lowest BCUT2D eigenvalue weighted by molar-refractivity contribution is -0.145. The summed E-state index contributed by atoms with van der Waals surface area (Å²) in [5.74, 6) is -5.01. The van der Waals surface area contributed by atoms with E-state index in [1.165, 1.54) is 0 Å². The van der Waals surface area contributed by atoms with Gasteiger partial charge in [-0.05, 0) is 18.8 Å². The number of carbonyl (C=O) groups excluding carboxylic acids is 1. The van der Waals surface area contributed by atoms with Gasteiger partial charge in [0.1, 0.15) is 6.61 Å². The molecule has 8 heteroatoms. The van der Waals surface area contributed by atoms with Gasteiger partial charge in [0.05, 0.1) is 17.4 Å². The van der Waals surface area contributed by atoms with Gasteiger partial charge in [0.25, 0.3) is 0 Å². The first kappa shape index (κ1) is 14.7. The van der Waals surface area contributed by atoms with Crippen LogP contribution < -0.4 is 5.32 Å². The van der Waals surface area contributed by atoms with Crippen LogP contribution in [0.2, 0.25) is 0 Å². The molecule has 0 saturated heterocycles. The number of rotatable bonds is 4. The highest BCUT2D eigenvalue weighted by molar-refractivity contribution is 5.88. The topological polar surface area (TPSA) is 124 Å². The number of aliphatic hydroxyl groups excluding tert-OH is 1. The summed E-state index contributed by atoms with van der Waals surface area (Å²) in [7, 11) is 0. The van der Waals surface area contributed by atoms with E-state index in [0.29, 0.717) is 12.8 Å². The molecular formula is C10H14ClNO6. The van der Waals surface area contributed by atoms with Crippen molar-refractivity contribution in [2.45, 2.75) is 18.4 Å². The molecule has 0 aromatic carbocycles. The zero-order chi connectivity index (χ0) is 12.8. The second-order valence-electron chi connectivity index (χ2n) is 4.53. The van der Waals surface area contributed by atoms with E-state index in [4.69, 9.17) is 15.3 Å². The van der Waals surface area contributed by atoms with Crippen LogP contribution in [0, 0.1) is 17.8 Å². The molecule has 2 rings (SSSR count). The Balaban J connectivity index is 0.00000162. The van der Waals surface area contributed by atoms with Gasteiger partial charge in [-0.15, -0.1) is 12.4 Å². The van der Waals surface area contributed by atoms with Crippen molar-refractivity contribution < 1.29 is 29.7 Å². The fourth-order valence-electron chi connectivity index (χ4n) is 3.19. The molecule has 0 aliphatic heterocycles. The van der Waals surface area contributed by atoms with E-state index >= 15 is 0 Å². The molecule has 4 unspecified atom stereocenters. The van der Waals surface area contributed by atoms with Crippen molar-refractivity contribution in [3.05, 3.63) is 0 Å². The molecule has 2 saturated carbocycles. The zero-order valence-electron chi connectivity index (χ0n) is 9.33. The van der Waals surface area contributed by atoms with Crippen LogP contribution in [0.3, 0.4) is 0 Å². The first-order valence-electron chi connectivity index (χ1n) is 5.32. The highest BCUT2D eigenvalue weighted by Gasteiger charge is 2.76. The average Bonchev–Trinajstić information content (AvgIpc) is 2.73. The van der Waals surface area contributed by atoms with Crippen LogP contribution in [0.5, 0.6) is 0 Å². The van der Waals surface area contributed by atoms with Crippen molar-refractivity contribution in [1.29, 1.82) is 0 Å². The maximum absolute atomic E-state index is 11.2. The molecule has 0 radical (unpaired) electrons. The Bertz CT molecular complexity index is 400. The van der Waals surface area contributed by atoms with E-state index in [1.807, 2.05) is 0 Å². The molecule has 0 bridgehead atoms. The Kier molecular flexibility index (Phi) is 3.87. The van der Waals surface area contributed by atoms with Crippen LogP contribution in [0.1, 0.15) is 12.8 Å². The van der Waals surface area contributed by atoms with Gasteiger partial charge in [0, 0.05) is 0 Å². The van der Waals surface area contributed by atoms with Gasteiger partial charge in [-0.2, -0.15) is 0 Å². The van der Waals surface area contributed by atoms with E-state index in [9.17, 15) is 14.4 Å². The van der Waals surface area contributed by atoms with Crippen molar-refractivity contribution in [3.63, 3.8) is 0 Å². The lowest BCUT2D eigenvalue weighted by Crippen LogP contribution is -2.48. The van der Waals surface area contributed by atoms with Crippen molar-refractivity contribution in [1.82, 2.24) is 5.32 Å². The highest BCUT2D eigenvalue weighted by atomic mass is 35.5. The molecule has 102 valence electrons. The summed E-state index contributed by atoms with van der Waals surface area (Å²) >= 11 is 0. The fourth-order valence-corrected chi connectivity index (χ4v) is 3.19. The number of carboxylic acids is 2. The van der Waals surface area contributed by atoms with Crippen molar-refractivity contribution >= 4 is 30.3 Å². The van der Waals surface area contributed by atoms with E-state index in [1.54, 1.807) is 0 Å². The van der Waals surface area contributed by atoms with Crippen molar-refractivity contribution in [3.8, 4) is 0 Å². The van der Waals surface area contributed by atoms with Gasteiger partial charge in [0.15, 0.2) is 0 Å². The third-order valence-corrected chi connectivity index (χ3v) is 3.83. The summed E-state index contributed by atoms with van der Waals surface area (Å²) in [4.78, 5) is 33.3. The number of amides is 1. The lowest BCUT2D eigenvalue weighted by Gasteiger charge is -2.22. The number of fused-ring (bicyclic) bond motifs is 1. The van der Waals surface area contributed by atoms with E-state index < -0.39 is 41.8 Å². The van der Waals surface area contributed by atoms with E-state index in [2.05, 4.69) is 5.32 Å². The minimum Gasteiger partial charge on any atom is -0.481 e. The van der Waals surface area contributed by atoms with Crippen LogP contribution in [0.25, 0.3) is 0 Å². The van der Waals surface area contributed by atoms with Gasteiger partial charge in [0.2, 0.25) is 5.91 Å². The molecule has 18 heavy (non-hydrogen) atoms. The summed E-state index contributed by atoms with van der Waals surface area (Å²) in [6.45, 7) is -0.771. The first-order chi connectivity index (χ1) is 7.95. The molecule has 4 atom stereocenters. The number of carboxylic acid groups (broad SMARTS) is 2. The SMILES string of the molecule is Cl.O=C(CO)NC12C(C(=O)O)CCC1C2C(=O)O. The molecule has 2 aliphatic rings. The van der Waals surface area contributed by atoms with Crippen LogP contribution in [-0.2, 0) is 14.4 Å². The predicted octanol–water partition coefficient (Wildman–Crippen LogP) is -0.919. The molecular weight excluding hydrogens is 266 g/mol. The molecule has 0 heterocycles. The minimum atomic E-state index is -1.20. The third kappa shape index (κ3) is 1.83. The van der Waals surface area contributed by atoms with Gasteiger partial charge in [-0.25, -0.2) is 0 Å². The summed E-state index contributed by atoms with van der Waals surface area (Å²) < 4.78 is 0. The average molecular weight is 280 g/mol. The molecule has 7 nitrogen and oxygen atoms in total. The van der Waals surface area contributed by atoms with Crippen LogP contribution in [-0.4, -0.2) is 45.3 Å². The number of carbonyl (C=O) groups is 3. The molecule has 0 aromatic heterocycles. The van der Waals surface area contributed by atoms with Crippen molar-refractivity contribution in [2.75, 3.05) is 6.61 Å². The Morgan fingerprint density at radius 2 is 1.78 bits per heavy atom. The predicted molar refractivity (Wildman–Crippen MR) is 60.2 cm³/mol. The minimum absolute atomic E-state index is 0. The normalized spacial score (nSPS) is 36.2. The molecule has 4 N–H and O–H groups in total. The van der Waals surface area contributed by atoms with Crippen LogP contribution in [0.4, 0.5) is 0 Å². The number of aliphatic hydroxyl groups is 1. The first-order valence-corrected chi connectivity index (χ1v) is 5.32. The quantitative estimate of drug-likeness (QED) is 0.528. The molecule has 2 aliphatic carbocycles. The number of halogens is 1. The van der Waals surface area contributed by atoms with Gasteiger partial charge >= 0.3 is 11.9 Å². The summed E-state index contributed by atoms with van der Waals surface area (Å²) in [6.07, 6.45) is 0.829. The Labute approximate surface area is 109 Å². The molecule has 0 aromatic rings. The molecule has 0 spiro atoms. The van der Waals surface area contributed by atoms with Crippen LogP contribution in [0.15, 0.2) is 0 Å². The summed E-state index contributed by atoms with van der Waals surface area (Å²) in [5.41, 5.74) is -1.20. The standard InChI is InChI=1S/C10H13NO6.ClH/c12-3-6(13)11-10-4(7(10)9(16)17)1-2-5(10)8(14)15;/h4-5,7,12H,1-3H2,(H,11,13)(H,14,15)(H,16,17);1H. The second-order valence-corrected chi connectivity index (χ2v) is 4.53. The Morgan fingerprint density at radius 3 is 2.17 bits per heavy atom. The number of hydrogen-bond acceptors (Lipinski definition) is 4. The smallest absolute Gasteiger partial charge is 0.309 e. The maximum Gasteiger partial charge on any atom is 0.309 e. The highest BCUT2D eigenvalue weighted by Crippen LogP contribution is 2.64. The van der Waals surface area contributed by atoms with Gasteiger partial charge < -0.3 is 20.6 Å². The Hall–Kier alpha value is -1.34. The van der Waals surface area contributed by atoms with Gasteiger partial charge in [-0.3, -0.25) is 14.4 Å². The number of nitrogens with one attached hydrogen (secondary N) is 1. The molecule has 2 fully saturated rings. The largest absolute Gasteiger partial charge is 0.481 e. The maximum atomic E-state index is 11.2. The summed E-state index contributed by atoms with van der Waals surface area (Å²) in [5, 5.41) is 29.1. The van der Waals surface area contributed by atoms with E-state index in [-0.39, 0.29) is 18.3 Å². The fraction of sp³-hybridized carbons (Fsp3) is 0.700. The third-order valence-electron chi connectivity index (χ3n) is 3.83. The van der Waals surface area contributed by atoms with Crippen molar-refractivity contribution in [2.24, 2.45) is 17.8 Å². The molecule has 1 amide bonds. The summed E-state index contributed by atoms with van der Waals surface area (Å²) in [6, 6.07) is 0. The van der Waals surface area contributed by atoms with E-state index in [0.717, 1.165) is 0 Å². The number of aliphatic carboxylic acids is 2. The van der Waals surface area contributed by atoms with Gasteiger partial charge in [-0.1, -0.05) is 0 Å². The Morgan fingerprint density at radius 1 is 1.17 bits per heavy atom. The zero-order valence-corrected chi connectivity index (χ0v) is 10.1. The number of hydrogen-bond donors (Lipinski definition) is 4. The van der Waals surface area contributed by atoms with Crippen LogP contribution >= 0.6 is 12.4 Å². The lowest BCUT2D eigenvalue weighted by atomic mass is 9.94.